The molecule has 0 radical (unpaired) electrons. The van der Waals surface area contributed by atoms with Crippen LogP contribution < -0.4 is 19.5 Å². The van der Waals surface area contributed by atoms with Crippen LogP contribution in [0.3, 0.4) is 0 Å². The van der Waals surface area contributed by atoms with Crippen LogP contribution >= 0.6 is 11.8 Å². The maximum Gasteiger partial charge on any atom is 0.234 e. The number of carbonyl (C=O) groups excluding carboxylic acids is 1. The molecule has 0 fully saturated rings. The van der Waals surface area contributed by atoms with Gasteiger partial charge in [0.25, 0.3) is 0 Å². The fourth-order valence-electron chi connectivity index (χ4n) is 2.88. The summed E-state index contributed by atoms with van der Waals surface area (Å²) < 4.78 is 17.7. The van der Waals surface area contributed by atoms with Crippen LogP contribution in [0.2, 0.25) is 0 Å². The number of benzene rings is 2. The monoisotopic (exact) mass is 440 g/mol. The first kappa shape index (κ1) is 22.2. The molecule has 1 amide bonds. The maximum absolute atomic E-state index is 12.4. The van der Waals surface area contributed by atoms with Crippen LogP contribution in [0.25, 0.3) is 11.4 Å². The number of allylic oxidation sites excluding steroid dienone is 1. The first-order valence-electron chi connectivity index (χ1n) is 9.42. The zero-order valence-corrected chi connectivity index (χ0v) is 18.4. The van der Waals surface area contributed by atoms with E-state index in [2.05, 4.69) is 22.1 Å². The van der Waals surface area contributed by atoms with Crippen LogP contribution in [0.5, 0.6) is 17.2 Å². The van der Waals surface area contributed by atoms with E-state index in [-0.39, 0.29) is 11.7 Å². The lowest BCUT2D eigenvalue weighted by Gasteiger charge is -2.11. The van der Waals surface area contributed by atoms with Gasteiger partial charge >= 0.3 is 0 Å². The minimum absolute atomic E-state index is 0.143. The fraction of sp³-hybridized carbons (Fsp3) is 0.227. The highest BCUT2D eigenvalue weighted by Gasteiger charge is 2.17. The Morgan fingerprint density at radius 3 is 2.45 bits per heavy atom. The van der Waals surface area contributed by atoms with E-state index >= 15 is 0 Å². The number of hydrogen-bond donors (Lipinski definition) is 1. The van der Waals surface area contributed by atoms with Crippen molar-refractivity contribution in [1.29, 1.82) is 0 Å². The van der Waals surface area contributed by atoms with Crippen molar-refractivity contribution in [1.82, 2.24) is 14.8 Å². The van der Waals surface area contributed by atoms with Crippen molar-refractivity contribution in [2.45, 2.75) is 11.7 Å². The van der Waals surface area contributed by atoms with Crippen LogP contribution in [0, 0.1) is 0 Å². The number of hydrogen-bond acceptors (Lipinski definition) is 7. The van der Waals surface area contributed by atoms with Crippen molar-refractivity contribution in [2.24, 2.45) is 0 Å². The van der Waals surface area contributed by atoms with Crippen molar-refractivity contribution < 1.29 is 19.0 Å². The summed E-state index contributed by atoms with van der Waals surface area (Å²) in [5, 5.41) is 12.1. The Hall–Kier alpha value is -3.46. The highest BCUT2D eigenvalue weighted by molar-refractivity contribution is 7.99. The molecule has 3 rings (SSSR count). The Bertz CT molecular complexity index is 1050. The summed E-state index contributed by atoms with van der Waals surface area (Å²) in [6.45, 7) is 4.32. The van der Waals surface area contributed by atoms with Gasteiger partial charge in [0.15, 0.2) is 22.5 Å². The topological polar surface area (TPSA) is 87.5 Å². The van der Waals surface area contributed by atoms with Crippen molar-refractivity contribution in [3.05, 3.63) is 55.1 Å². The van der Waals surface area contributed by atoms with Gasteiger partial charge in [-0.15, -0.1) is 16.8 Å². The number of anilines is 1. The van der Waals surface area contributed by atoms with E-state index in [1.807, 2.05) is 22.8 Å². The summed E-state index contributed by atoms with van der Waals surface area (Å²) in [5.41, 5.74) is 1.52. The Labute approximate surface area is 185 Å². The number of thioether (sulfide) groups is 1. The van der Waals surface area contributed by atoms with E-state index in [1.54, 1.807) is 51.7 Å². The average molecular weight is 441 g/mol. The average Bonchev–Trinajstić information content (AvgIpc) is 3.20. The van der Waals surface area contributed by atoms with Gasteiger partial charge in [-0.3, -0.25) is 9.36 Å². The predicted molar refractivity (Wildman–Crippen MR) is 121 cm³/mol. The Kier molecular flexibility index (Phi) is 7.55. The molecule has 0 bridgehead atoms. The summed E-state index contributed by atoms with van der Waals surface area (Å²) in [6.07, 6.45) is 1.76. The van der Waals surface area contributed by atoms with Gasteiger partial charge in [-0.2, -0.15) is 0 Å². The molecule has 162 valence electrons. The first-order chi connectivity index (χ1) is 15.1. The van der Waals surface area contributed by atoms with Gasteiger partial charge in [0, 0.05) is 17.8 Å². The number of rotatable bonds is 10. The first-order valence-corrected chi connectivity index (χ1v) is 10.4. The third kappa shape index (κ3) is 5.37. The Balaban J connectivity index is 1.74. The second-order valence-corrected chi connectivity index (χ2v) is 7.28. The zero-order valence-electron chi connectivity index (χ0n) is 17.6. The number of aromatic nitrogens is 3. The van der Waals surface area contributed by atoms with Gasteiger partial charge in [0.2, 0.25) is 5.91 Å². The molecule has 0 atom stereocenters. The van der Waals surface area contributed by atoms with Crippen molar-refractivity contribution in [2.75, 3.05) is 32.4 Å². The summed E-state index contributed by atoms with van der Waals surface area (Å²) in [6, 6.07) is 12.7. The number of amides is 1. The van der Waals surface area contributed by atoms with E-state index < -0.39 is 0 Å². The van der Waals surface area contributed by atoms with Crippen molar-refractivity contribution in [3.8, 4) is 28.6 Å². The molecule has 0 unspecified atom stereocenters. The number of nitrogens with one attached hydrogen (secondary N) is 1. The quantitative estimate of drug-likeness (QED) is 0.378. The molecule has 1 aromatic heterocycles. The molecule has 3 aromatic rings. The Morgan fingerprint density at radius 1 is 1.06 bits per heavy atom. The molecule has 0 aliphatic carbocycles. The minimum atomic E-state index is -0.143. The number of carbonyl (C=O) groups is 1. The molecular formula is C22H24N4O4S. The van der Waals surface area contributed by atoms with Gasteiger partial charge in [-0.25, -0.2) is 0 Å². The standard InChI is InChI=1S/C22H24N4O4S/c1-5-12-26-21(15-6-11-18(29-3)19(13-15)30-4)24-25-22(26)31-14-20(27)23-16-7-9-17(28-2)10-8-16/h5-11,13H,1,12,14H2,2-4H3,(H,23,27). The molecule has 0 aliphatic heterocycles. The summed E-state index contributed by atoms with van der Waals surface area (Å²) in [4.78, 5) is 12.4. The van der Waals surface area contributed by atoms with E-state index in [1.165, 1.54) is 11.8 Å². The number of ether oxygens (including phenoxy) is 3. The molecule has 0 saturated carbocycles. The van der Waals surface area contributed by atoms with Crippen LogP contribution in [0.15, 0.2) is 60.3 Å². The molecule has 0 spiro atoms. The maximum atomic E-state index is 12.4. The van der Waals surface area contributed by atoms with E-state index in [0.717, 1.165) is 11.3 Å². The van der Waals surface area contributed by atoms with Gasteiger partial charge < -0.3 is 19.5 Å². The number of nitrogens with zero attached hydrogens (tertiary/aromatic N) is 3. The lowest BCUT2D eigenvalue weighted by Crippen LogP contribution is -2.14. The van der Waals surface area contributed by atoms with Gasteiger partial charge in [-0.1, -0.05) is 17.8 Å². The molecule has 0 aliphatic rings. The molecule has 9 heteroatoms. The largest absolute Gasteiger partial charge is 0.497 e. The lowest BCUT2D eigenvalue weighted by molar-refractivity contribution is -0.113. The summed E-state index contributed by atoms with van der Waals surface area (Å²) in [5.74, 6) is 2.65. The summed E-state index contributed by atoms with van der Waals surface area (Å²) in [7, 11) is 4.77. The zero-order chi connectivity index (χ0) is 22.2. The van der Waals surface area contributed by atoms with E-state index in [4.69, 9.17) is 14.2 Å². The van der Waals surface area contributed by atoms with Crippen LogP contribution in [0.4, 0.5) is 5.69 Å². The van der Waals surface area contributed by atoms with E-state index in [9.17, 15) is 4.79 Å². The van der Waals surface area contributed by atoms with Crippen LogP contribution in [-0.2, 0) is 11.3 Å². The highest BCUT2D eigenvalue weighted by Crippen LogP contribution is 2.33. The third-order valence-electron chi connectivity index (χ3n) is 4.38. The van der Waals surface area contributed by atoms with Crippen LogP contribution in [-0.4, -0.2) is 47.8 Å². The lowest BCUT2D eigenvalue weighted by atomic mass is 10.2. The SMILES string of the molecule is C=CCn1c(SCC(=O)Nc2ccc(OC)cc2)nnc1-c1ccc(OC)c(OC)c1. The molecule has 0 saturated heterocycles. The molecule has 1 heterocycles. The molecule has 31 heavy (non-hydrogen) atoms. The minimum Gasteiger partial charge on any atom is -0.497 e. The predicted octanol–water partition coefficient (Wildman–Crippen LogP) is 3.89. The van der Waals surface area contributed by atoms with Crippen LogP contribution in [0.1, 0.15) is 0 Å². The summed E-state index contributed by atoms with van der Waals surface area (Å²) >= 11 is 1.30. The molecular weight excluding hydrogens is 416 g/mol. The fourth-order valence-corrected chi connectivity index (χ4v) is 3.63. The van der Waals surface area contributed by atoms with Gasteiger partial charge in [-0.05, 0) is 42.5 Å². The third-order valence-corrected chi connectivity index (χ3v) is 5.34. The van der Waals surface area contributed by atoms with Crippen molar-refractivity contribution >= 4 is 23.4 Å². The smallest absolute Gasteiger partial charge is 0.234 e. The normalized spacial score (nSPS) is 10.4. The van der Waals surface area contributed by atoms with Crippen molar-refractivity contribution in [3.63, 3.8) is 0 Å². The Morgan fingerprint density at radius 2 is 1.81 bits per heavy atom. The number of methoxy groups -OCH3 is 3. The highest BCUT2D eigenvalue weighted by atomic mass is 32.2. The van der Waals surface area contributed by atoms with Gasteiger partial charge in [0.05, 0.1) is 27.1 Å². The second kappa shape index (κ2) is 10.5. The molecule has 2 aromatic carbocycles. The van der Waals surface area contributed by atoms with E-state index in [0.29, 0.717) is 34.7 Å². The second-order valence-electron chi connectivity index (χ2n) is 6.34. The molecule has 8 nitrogen and oxygen atoms in total. The van der Waals surface area contributed by atoms with Gasteiger partial charge in [0.1, 0.15) is 5.75 Å². The molecule has 1 N–H and O–H groups in total.